The Balaban J connectivity index is 1.89. The summed E-state index contributed by atoms with van der Waals surface area (Å²) >= 11 is 1.41. The van der Waals surface area contributed by atoms with E-state index in [4.69, 9.17) is 0 Å². The third kappa shape index (κ3) is 4.91. The highest BCUT2D eigenvalue weighted by molar-refractivity contribution is 7.12. The molecule has 23 heavy (non-hydrogen) atoms. The number of nitrogens with one attached hydrogen (secondary N) is 2. The molecule has 0 atom stereocenters. The van der Waals surface area contributed by atoms with Crippen molar-refractivity contribution in [3.8, 4) is 0 Å². The minimum atomic E-state index is -0.0769. The van der Waals surface area contributed by atoms with Crippen LogP contribution >= 0.6 is 11.3 Å². The molecule has 1 heterocycles. The van der Waals surface area contributed by atoms with Gasteiger partial charge in [-0.3, -0.25) is 9.59 Å². The second-order valence-electron chi connectivity index (χ2n) is 5.19. The molecule has 0 aliphatic heterocycles. The molecule has 0 saturated heterocycles. The first-order chi connectivity index (χ1) is 11.1. The fourth-order valence-electron chi connectivity index (χ4n) is 2.04. The molecule has 2 rings (SSSR count). The highest BCUT2D eigenvalue weighted by atomic mass is 32.1. The van der Waals surface area contributed by atoms with E-state index in [2.05, 4.69) is 10.6 Å². The fourth-order valence-corrected chi connectivity index (χ4v) is 2.68. The van der Waals surface area contributed by atoms with Gasteiger partial charge in [-0.05, 0) is 36.2 Å². The van der Waals surface area contributed by atoms with Crippen molar-refractivity contribution in [2.45, 2.75) is 6.54 Å². The molecule has 6 heteroatoms. The molecule has 2 amide bonds. The molecule has 0 spiro atoms. The molecule has 0 unspecified atom stereocenters. The molecule has 0 saturated carbocycles. The molecule has 2 aromatic rings. The maximum absolute atomic E-state index is 12.2. The summed E-state index contributed by atoms with van der Waals surface area (Å²) in [4.78, 5) is 26.5. The molecule has 1 aromatic heterocycles. The molecule has 0 bridgehead atoms. The van der Waals surface area contributed by atoms with E-state index in [1.165, 1.54) is 11.3 Å². The Kier molecular flexibility index (Phi) is 6.31. The van der Waals surface area contributed by atoms with Gasteiger partial charge in [0.1, 0.15) is 0 Å². The smallest absolute Gasteiger partial charge is 0.261 e. The van der Waals surface area contributed by atoms with Gasteiger partial charge in [0.15, 0.2) is 0 Å². The van der Waals surface area contributed by atoms with Crippen LogP contribution in [0.3, 0.4) is 0 Å². The van der Waals surface area contributed by atoms with Crippen molar-refractivity contribution in [3.05, 3.63) is 57.8 Å². The lowest BCUT2D eigenvalue weighted by Crippen LogP contribution is -2.32. The zero-order valence-electron chi connectivity index (χ0n) is 13.3. The predicted octanol–water partition coefficient (Wildman–Crippen LogP) is 1.97. The maximum atomic E-state index is 12.2. The summed E-state index contributed by atoms with van der Waals surface area (Å²) in [7, 11) is 3.65. The molecule has 0 aliphatic carbocycles. The number of likely N-dealkylation sites (N-methyl/N-ethyl adjacent to an activating group) is 2. The molecule has 0 radical (unpaired) electrons. The first-order valence-corrected chi connectivity index (χ1v) is 8.30. The lowest BCUT2D eigenvalue weighted by Gasteiger charge is -2.17. The standard InChI is InChI=1S/C17H21N3O2S/c1-18-9-10-20(2)17(22)14-7-5-13(6-8-14)12-19-16(21)15-4-3-11-23-15/h3-8,11,18H,9-10,12H2,1-2H3,(H,19,21). The second-order valence-corrected chi connectivity index (χ2v) is 6.13. The van der Waals surface area contributed by atoms with E-state index >= 15 is 0 Å². The molecular weight excluding hydrogens is 310 g/mol. The van der Waals surface area contributed by atoms with Crippen molar-refractivity contribution in [1.82, 2.24) is 15.5 Å². The third-order valence-corrected chi connectivity index (χ3v) is 4.31. The number of rotatable bonds is 7. The van der Waals surface area contributed by atoms with Crippen LogP contribution in [-0.2, 0) is 6.54 Å². The van der Waals surface area contributed by atoms with Crippen molar-refractivity contribution in [3.63, 3.8) is 0 Å². The van der Waals surface area contributed by atoms with E-state index in [9.17, 15) is 9.59 Å². The van der Waals surface area contributed by atoms with Gasteiger partial charge in [0.2, 0.25) is 0 Å². The van der Waals surface area contributed by atoms with E-state index in [0.717, 1.165) is 12.1 Å². The number of carbonyl (C=O) groups excluding carboxylic acids is 2. The maximum Gasteiger partial charge on any atom is 0.261 e. The van der Waals surface area contributed by atoms with Crippen molar-refractivity contribution < 1.29 is 9.59 Å². The Bertz CT molecular complexity index is 638. The number of nitrogens with zero attached hydrogens (tertiary/aromatic N) is 1. The summed E-state index contributed by atoms with van der Waals surface area (Å²) in [5, 5.41) is 7.76. The minimum absolute atomic E-state index is 0.00517. The van der Waals surface area contributed by atoms with Gasteiger partial charge in [-0.25, -0.2) is 0 Å². The van der Waals surface area contributed by atoms with E-state index in [0.29, 0.717) is 23.5 Å². The van der Waals surface area contributed by atoms with Gasteiger partial charge in [0, 0.05) is 32.2 Å². The molecule has 122 valence electrons. The van der Waals surface area contributed by atoms with E-state index in [-0.39, 0.29) is 11.8 Å². The van der Waals surface area contributed by atoms with E-state index < -0.39 is 0 Å². The summed E-state index contributed by atoms with van der Waals surface area (Å²) in [6.07, 6.45) is 0. The van der Waals surface area contributed by atoms with Gasteiger partial charge in [-0.15, -0.1) is 11.3 Å². The number of hydrogen-bond acceptors (Lipinski definition) is 4. The molecule has 1 aromatic carbocycles. The lowest BCUT2D eigenvalue weighted by atomic mass is 10.1. The fraction of sp³-hybridized carbons (Fsp3) is 0.294. The summed E-state index contributed by atoms with van der Waals surface area (Å²) in [5.74, 6) is -0.0821. The summed E-state index contributed by atoms with van der Waals surface area (Å²) in [6, 6.07) is 11.0. The number of amides is 2. The van der Waals surface area contributed by atoms with Crippen LogP contribution in [0, 0.1) is 0 Å². The monoisotopic (exact) mass is 331 g/mol. The van der Waals surface area contributed by atoms with Crippen LogP contribution in [-0.4, -0.2) is 43.9 Å². The van der Waals surface area contributed by atoms with Crippen LogP contribution in [0.1, 0.15) is 25.6 Å². The quantitative estimate of drug-likeness (QED) is 0.815. The normalized spacial score (nSPS) is 10.3. The number of carbonyl (C=O) groups is 2. The first-order valence-electron chi connectivity index (χ1n) is 7.42. The molecule has 0 aliphatic rings. The minimum Gasteiger partial charge on any atom is -0.347 e. The average molecular weight is 331 g/mol. The van der Waals surface area contributed by atoms with Crippen molar-refractivity contribution in [2.24, 2.45) is 0 Å². The molecule has 2 N–H and O–H groups in total. The second kappa shape index (κ2) is 8.45. The topological polar surface area (TPSA) is 61.4 Å². The van der Waals surface area contributed by atoms with Gasteiger partial charge < -0.3 is 15.5 Å². The molecule has 5 nitrogen and oxygen atoms in total. The van der Waals surface area contributed by atoms with Crippen LogP contribution in [0.5, 0.6) is 0 Å². The predicted molar refractivity (Wildman–Crippen MR) is 92.8 cm³/mol. The van der Waals surface area contributed by atoms with E-state index in [1.54, 1.807) is 30.1 Å². The average Bonchev–Trinajstić information content (AvgIpc) is 3.12. The zero-order chi connectivity index (χ0) is 16.7. The third-order valence-electron chi connectivity index (χ3n) is 3.44. The number of benzene rings is 1. The van der Waals surface area contributed by atoms with E-state index in [1.807, 2.05) is 30.6 Å². The van der Waals surface area contributed by atoms with Crippen molar-refractivity contribution in [2.75, 3.05) is 27.2 Å². The SMILES string of the molecule is CNCCN(C)C(=O)c1ccc(CNC(=O)c2cccs2)cc1. The Morgan fingerprint density at radius 3 is 2.52 bits per heavy atom. The van der Waals surface area contributed by atoms with Gasteiger partial charge >= 0.3 is 0 Å². The van der Waals surface area contributed by atoms with Gasteiger partial charge in [-0.2, -0.15) is 0 Å². The lowest BCUT2D eigenvalue weighted by molar-refractivity contribution is 0.0796. The van der Waals surface area contributed by atoms with Gasteiger partial charge in [-0.1, -0.05) is 18.2 Å². The van der Waals surface area contributed by atoms with Crippen LogP contribution in [0.4, 0.5) is 0 Å². The van der Waals surface area contributed by atoms with Crippen LogP contribution in [0.15, 0.2) is 41.8 Å². The first kappa shape index (κ1) is 17.2. The van der Waals surface area contributed by atoms with Gasteiger partial charge in [0.25, 0.3) is 11.8 Å². The molecule has 0 fully saturated rings. The Morgan fingerprint density at radius 1 is 1.17 bits per heavy atom. The Labute approximate surface area is 140 Å². The number of hydrogen-bond donors (Lipinski definition) is 2. The van der Waals surface area contributed by atoms with Crippen LogP contribution in [0.25, 0.3) is 0 Å². The summed E-state index contributed by atoms with van der Waals surface area (Å²) in [6.45, 7) is 1.86. The molecular formula is C17H21N3O2S. The van der Waals surface area contributed by atoms with Crippen molar-refractivity contribution in [1.29, 1.82) is 0 Å². The van der Waals surface area contributed by atoms with Crippen LogP contribution < -0.4 is 10.6 Å². The zero-order valence-corrected chi connectivity index (χ0v) is 14.2. The van der Waals surface area contributed by atoms with Gasteiger partial charge in [0.05, 0.1) is 4.88 Å². The summed E-state index contributed by atoms with van der Waals surface area (Å²) in [5.41, 5.74) is 1.61. The highest BCUT2D eigenvalue weighted by Gasteiger charge is 2.11. The number of thiophene rings is 1. The van der Waals surface area contributed by atoms with Crippen molar-refractivity contribution >= 4 is 23.2 Å². The largest absolute Gasteiger partial charge is 0.347 e. The Morgan fingerprint density at radius 2 is 1.91 bits per heavy atom. The summed E-state index contributed by atoms with van der Waals surface area (Å²) < 4.78 is 0. The van der Waals surface area contributed by atoms with Crippen LogP contribution in [0.2, 0.25) is 0 Å². The Hall–Kier alpha value is -2.18. The highest BCUT2D eigenvalue weighted by Crippen LogP contribution is 2.10.